The van der Waals surface area contributed by atoms with Crippen LogP contribution in [0.4, 0.5) is 0 Å². The van der Waals surface area contributed by atoms with E-state index >= 15 is 0 Å². The van der Waals surface area contributed by atoms with Crippen LogP contribution >= 0.6 is 11.3 Å². The first-order chi connectivity index (χ1) is 9.71. The van der Waals surface area contributed by atoms with Gasteiger partial charge in [0.05, 0.1) is 0 Å². The van der Waals surface area contributed by atoms with Crippen LogP contribution in [0.3, 0.4) is 0 Å². The van der Waals surface area contributed by atoms with Gasteiger partial charge in [-0.15, -0.1) is 11.3 Å². The molecule has 0 aliphatic carbocycles. The van der Waals surface area contributed by atoms with Crippen LogP contribution < -0.4 is 0 Å². The molecule has 116 valence electrons. The molecule has 0 saturated carbocycles. The minimum Gasteiger partial charge on any atom is -0.479 e. The number of amides is 1. The van der Waals surface area contributed by atoms with Gasteiger partial charge in [-0.05, 0) is 34.8 Å². The molecule has 1 aliphatic rings. The smallest absolute Gasteiger partial charge is 0.331 e. The monoisotopic (exact) mass is 309 g/mol. The number of carboxylic acids is 1. The van der Waals surface area contributed by atoms with E-state index < -0.39 is 12.0 Å². The summed E-state index contributed by atoms with van der Waals surface area (Å²) in [5, 5.41) is 11.4. The van der Waals surface area contributed by atoms with Crippen molar-refractivity contribution >= 4 is 23.2 Å². The minimum absolute atomic E-state index is 0.0394. The second kappa shape index (κ2) is 5.79. The third-order valence-electron chi connectivity index (χ3n) is 4.48. The molecule has 2 unspecified atom stereocenters. The molecule has 21 heavy (non-hydrogen) atoms. The second-order valence-electron chi connectivity index (χ2n) is 6.85. The first-order valence-corrected chi connectivity index (χ1v) is 8.18. The number of hydrogen-bond donors (Lipinski definition) is 1. The maximum Gasteiger partial charge on any atom is 0.331 e. The third-order valence-corrected chi connectivity index (χ3v) is 5.48. The highest BCUT2D eigenvalue weighted by Gasteiger charge is 2.37. The summed E-state index contributed by atoms with van der Waals surface area (Å²) >= 11 is 1.58. The number of carboxylic acid groups (broad SMARTS) is 1. The van der Waals surface area contributed by atoms with Gasteiger partial charge in [-0.1, -0.05) is 27.7 Å². The van der Waals surface area contributed by atoms with Gasteiger partial charge in [0.2, 0.25) is 5.91 Å². The zero-order valence-corrected chi connectivity index (χ0v) is 13.9. The molecule has 2 atom stereocenters. The van der Waals surface area contributed by atoms with Crippen LogP contribution in [-0.4, -0.2) is 28.4 Å². The zero-order chi connectivity index (χ0) is 15.8. The van der Waals surface area contributed by atoms with Crippen LogP contribution in [0.2, 0.25) is 0 Å². The molecule has 4 nitrogen and oxygen atoms in total. The number of carbonyl (C=O) groups excluding carboxylic acids is 1. The summed E-state index contributed by atoms with van der Waals surface area (Å²) in [7, 11) is 0. The summed E-state index contributed by atoms with van der Waals surface area (Å²) in [4.78, 5) is 26.8. The van der Waals surface area contributed by atoms with Crippen LogP contribution in [0, 0.1) is 11.3 Å². The second-order valence-corrected chi connectivity index (χ2v) is 7.85. The van der Waals surface area contributed by atoms with Crippen LogP contribution in [0.15, 0.2) is 11.4 Å². The summed E-state index contributed by atoms with van der Waals surface area (Å²) < 4.78 is 0. The highest BCUT2D eigenvalue weighted by atomic mass is 32.1. The molecule has 0 radical (unpaired) electrons. The van der Waals surface area contributed by atoms with Crippen molar-refractivity contribution in [3.05, 3.63) is 21.9 Å². The van der Waals surface area contributed by atoms with Gasteiger partial charge in [0.15, 0.2) is 6.04 Å². The van der Waals surface area contributed by atoms with E-state index in [9.17, 15) is 14.7 Å². The first kappa shape index (κ1) is 16.0. The molecule has 5 heteroatoms. The Bertz CT molecular complexity index is 544. The molecule has 0 aromatic carbocycles. The summed E-state index contributed by atoms with van der Waals surface area (Å²) in [5.74, 6) is -0.781. The van der Waals surface area contributed by atoms with Gasteiger partial charge in [-0.25, -0.2) is 4.79 Å². The zero-order valence-electron chi connectivity index (χ0n) is 13.0. The van der Waals surface area contributed by atoms with Crippen molar-refractivity contribution in [2.45, 2.75) is 46.6 Å². The van der Waals surface area contributed by atoms with Gasteiger partial charge in [-0.2, -0.15) is 0 Å². The predicted molar refractivity (Wildman–Crippen MR) is 83.3 cm³/mol. The van der Waals surface area contributed by atoms with Crippen LogP contribution in [0.1, 0.15) is 50.6 Å². The Balaban J connectivity index is 2.19. The number of fused-ring (bicyclic) bond motifs is 1. The lowest BCUT2D eigenvalue weighted by Gasteiger charge is -2.35. The lowest BCUT2D eigenvalue weighted by molar-refractivity contribution is -0.151. The molecule has 1 aromatic heterocycles. The number of aliphatic carboxylic acids is 1. The first-order valence-electron chi connectivity index (χ1n) is 7.30. The SMILES string of the molecule is CC(CC(=O)N1CCc2sccc2C1C(=O)O)C(C)(C)C. The lowest BCUT2D eigenvalue weighted by Crippen LogP contribution is -2.44. The van der Waals surface area contributed by atoms with E-state index in [-0.39, 0.29) is 17.2 Å². The molecule has 0 bridgehead atoms. The largest absolute Gasteiger partial charge is 0.479 e. The molecule has 0 saturated heterocycles. The molecule has 1 aliphatic heterocycles. The summed E-state index contributed by atoms with van der Waals surface area (Å²) in [5.41, 5.74) is 0.827. The highest BCUT2D eigenvalue weighted by molar-refractivity contribution is 7.10. The van der Waals surface area contributed by atoms with Crippen molar-refractivity contribution in [1.29, 1.82) is 0 Å². The average molecular weight is 309 g/mol. The van der Waals surface area contributed by atoms with Gasteiger partial charge < -0.3 is 10.0 Å². The third kappa shape index (κ3) is 3.28. The molecule has 1 aromatic rings. The Labute approximate surface area is 129 Å². The Morgan fingerprint density at radius 1 is 1.48 bits per heavy atom. The Hall–Kier alpha value is -1.36. The number of nitrogens with zero attached hydrogens (tertiary/aromatic N) is 1. The number of carbonyl (C=O) groups is 2. The van der Waals surface area contributed by atoms with Crippen molar-refractivity contribution in [1.82, 2.24) is 4.90 Å². The van der Waals surface area contributed by atoms with E-state index in [2.05, 4.69) is 20.8 Å². The summed E-state index contributed by atoms with van der Waals surface area (Å²) in [6, 6.07) is 1.02. The van der Waals surface area contributed by atoms with E-state index in [0.717, 1.165) is 16.9 Å². The maximum absolute atomic E-state index is 12.6. The number of thiophene rings is 1. The quantitative estimate of drug-likeness (QED) is 0.931. The molecule has 2 rings (SSSR count). The molecule has 0 spiro atoms. The fourth-order valence-corrected chi connectivity index (χ4v) is 3.44. The molecule has 0 fully saturated rings. The Morgan fingerprint density at radius 3 is 2.71 bits per heavy atom. The number of hydrogen-bond acceptors (Lipinski definition) is 3. The molecule has 1 N–H and O–H groups in total. The number of rotatable bonds is 3. The fraction of sp³-hybridized carbons (Fsp3) is 0.625. The lowest BCUT2D eigenvalue weighted by atomic mass is 9.79. The summed E-state index contributed by atoms with van der Waals surface area (Å²) in [6.45, 7) is 8.86. The van der Waals surface area contributed by atoms with E-state index in [1.165, 1.54) is 0 Å². The minimum atomic E-state index is -0.939. The van der Waals surface area contributed by atoms with Crippen molar-refractivity contribution in [3.63, 3.8) is 0 Å². The van der Waals surface area contributed by atoms with Crippen molar-refractivity contribution in [2.24, 2.45) is 11.3 Å². The van der Waals surface area contributed by atoms with Crippen LogP contribution in [0.5, 0.6) is 0 Å². The topological polar surface area (TPSA) is 57.6 Å². The predicted octanol–water partition coefficient (Wildman–Crippen LogP) is 3.33. The van der Waals surface area contributed by atoms with Gasteiger partial charge in [0.1, 0.15) is 0 Å². The van der Waals surface area contributed by atoms with E-state index in [0.29, 0.717) is 13.0 Å². The molecule has 2 heterocycles. The maximum atomic E-state index is 12.6. The van der Waals surface area contributed by atoms with Gasteiger partial charge in [0.25, 0.3) is 0 Å². The molecule has 1 amide bonds. The van der Waals surface area contributed by atoms with Gasteiger partial charge >= 0.3 is 5.97 Å². The van der Waals surface area contributed by atoms with E-state index in [1.54, 1.807) is 16.2 Å². The van der Waals surface area contributed by atoms with Gasteiger partial charge in [-0.3, -0.25) is 4.79 Å². The average Bonchev–Trinajstić information content (AvgIpc) is 2.83. The van der Waals surface area contributed by atoms with Crippen LogP contribution in [0.25, 0.3) is 0 Å². The van der Waals surface area contributed by atoms with Crippen molar-refractivity contribution < 1.29 is 14.7 Å². The van der Waals surface area contributed by atoms with Crippen molar-refractivity contribution in [3.8, 4) is 0 Å². The van der Waals surface area contributed by atoms with Crippen molar-refractivity contribution in [2.75, 3.05) is 6.54 Å². The Kier molecular flexibility index (Phi) is 4.42. The fourth-order valence-electron chi connectivity index (χ4n) is 2.54. The molecular weight excluding hydrogens is 286 g/mol. The van der Waals surface area contributed by atoms with Crippen LogP contribution in [-0.2, 0) is 16.0 Å². The molecular formula is C16H23NO3S. The van der Waals surface area contributed by atoms with Gasteiger partial charge in [0, 0.05) is 17.8 Å². The highest BCUT2D eigenvalue weighted by Crippen LogP contribution is 2.35. The normalized spacial score (nSPS) is 20.0. The Morgan fingerprint density at radius 2 is 2.14 bits per heavy atom. The van der Waals surface area contributed by atoms with E-state index in [4.69, 9.17) is 0 Å². The standard InChI is InChI=1S/C16H23NO3S/c1-10(16(2,3)4)9-13(18)17-7-5-12-11(6-8-21-12)14(17)15(19)20/h6,8,10,14H,5,7,9H2,1-4H3,(H,19,20). The van der Waals surface area contributed by atoms with E-state index in [1.807, 2.05) is 18.4 Å². The summed E-state index contributed by atoms with van der Waals surface area (Å²) in [6.07, 6.45) is 1.15.